The second-order valence-corrected chi connectivity index (χ2v) is 4.69. The molecular formula is C12H18N2O. The van der Waals surface area contributed by atoms with E-state index in [9.17, 15) is 0 Å². The van der Waals surface area contributed by atoms with Gasteiger partial charge in [0.05, 0.1) is 5.69 Å². The van der Waals surface area contributed by atoms with Crippen molar-refractivity contribution in [3.8, 4) is 0 Å². The Hall–Kier alpha value is -0.960. The zero-order valence-corrected chi connectivity index (χ0v) is 9.28. The molecule has 2 aliphatic rings. The normalized spacial score (nSPS) is 27.0. The highest BCUT2D eigenvalue weighted by molar-refractivity contribution is 5.45. The summed E-state index contributed by atoms with van der Waals surface area (Å²) in [6.45, 7) is 6.86. The molecule has 0 unspecified atom stereocenters. The monoisotopic (exact) mass is 206 g/mol. The molecular weight excluding hydrogens is 188 g/mol. The van der Waals surface area contributed by atoms with Crippen LogP contribution < -0.4 is 4.90 Å². The van der Waals surface area contributed by atoms with Crippen molar-refractivity contribution >= 4 is 5.69 Å². The van der Waals surface area contributed by atoms with Gasteiger partial charge in [0.15, 0.2) is 0 Å². The number of anilines is 1. The van der Waals surface area contributed by atoms with E-state index >= 15 is 0 Å². The van der Waals surface area contributed by atoms with Gasteiger partial charge in [-0.25, -0.2) is 0 Å². The fourth-order valence-electron chi connectivity index (χ4n) is 2.82. The number of nitrogens with zero attached hydrogens (tertiary/aromatic N) is 2. The van der Waals surface area contributed by atoms with Crippen LogP contribution in [0.1, 0.15) is 18.6 Å². The van der Waals surface area contributed by atoms with Crippen LogP contribution in [0, 0.1) is 6.92 Å². The molecule has 3 nitrogen and oxygen atoms in total. The molecule has 1 aromatic rings. The third-order valence-electron chi connectivity index (χ3n) is 3.67. The molecule has 82 valence electrons. The first-order valence-electron chi connectivity index (χ1n) is 5.87. The van der Waals surface area contributed by atoms with Gasteiger partial charge in [-0.15, -0.1) is 0 Å². The average molecular weight is 206 g/mol. The van der Waals surface area contributed by atoms with Gasteiger partial charge < -0.3 is 9.32 Å². The minimum Gasteiger partial charge on any atom is -0.467 e. The maximum Gasteiger partial charge on any atom is 0.114 e. The topological polar surface area (TPSA) is 19.6 Å². The number of piperazine rings is 1. The first-order chi connectivity index (χ1) is 7.33. The molecule has 15 heavy (non-hydrogen) atoms. The van der Waals surface area contributed by atoms with Crippen molar-refractivity contribution in [1.29, 1.82) is 0 Å². The van der Waals surface area contributed by atoms with Gasteiger partial charge in [0.2, 0.25) is 0 Å². The summed E-state index contributed by atoms with van der Waals surface area (Å²) in [5.41, 5.74) is 1.26. The van der Waals surface area contributed by atoms with Gasteiger partial charge in [-0.3, -0.25) is 4.90 Å². The summed E-state index contributed by atoms with van der Waals surface area (Å²) in [6, 6.07) is 2.93. The van der Waals surface area contributed by atoms with Crippen LogP contribution in [0.15, 0.2) is 16.7 Å². The van der Waals surface area contributed by atoms with E-state index in [2.05, 4.69) is 15.9 Å². The van der Waals surface area contributed by atoms with Crippen molar-refractivity contribution in [1.82, 2.24) is 4.90 Å². The molecule has 0 radical (unpaired) electrons. The Morgan fingerprint density at radius 3 is 3.07 bits per heavy atom. The Labute approximate surface area is 90.7 Å². The average Bonchev–Trinajstić information content (AvgIpc) is 2.84. The van der Waals surface area contributed by atoms with Gasteiger partial charge in [-0.1, -0.05) is 0 Å². The van der Waals surface area contributed by atoms with E-state index in [-0.39, 0.29) is 0 Å². The summed E-state index contributed by atoms with van der Waals surface area (Å²) >= 11 is 0. The number of furan rings is 1. The number of rotatable bonds is 1. The Kier molecular flexibility index (Phi) is 2.20. The summed E-state index contributed by atoms with van der Waals surface area (Å²) in [6.07, 6.45) is 4.64. The largest absolute Gasteiger partial charge is 0.467 e. The van der Waals surface area contributed by atoms with E-state index in [1.54, 1.807) is 0 Å². The first-order valence-corrected chi connectivity index (χ1v) is 5.87. The van der Waals surface area contributed by atoms with Gasteiger partial charge >= 0.3 is 0 Å². The van der Waals surface area contributed by atoms with Crippen molar-refractivity contribution < 1.29 is 4.42 Å². The van der Waals surface area contributed by atoms with Crippen LogP contribution in [0.25, 0.3) is 0 Å². The van der Waals surface area contributed by atoms with Crippen LogP contribution in [-0.4, -0.2) is 37.1 Å². The van der Waals surface area contributed by atoms with E-state index in [1.165, 1.54) is 38.2 Å². The molecule has 2 fully saturated rings. The predicted octanol–water partition coefficient (Wildman–Crippen LogP) is 1.87. The van der Waals surface area contributed by atoms with Crippen molar-refractivity contribution in [2.24, 2.45) is 0 Å². The Bertz CT molecular complexity index is 347. The van der Waals surface area contributed by atoms with Gasteiger partial charge in [-0.2, -0.15) is 0 Å². The molecule has 0 bridgehead atoms. The van der Waals surface area contributed by atoms with Crippen molar-refractivity contribution in [3.05, 3.63) is 18.1 Å². The summed E-state index contributed by atoms with van der Waals surface area (Å²) in [4.78, 5) is 5.09. The van der Waals surface area contributed by atoms with Crippen LogP contribution >= 0.6 is 0 Å². The smallest absolute Gasteiger partial charge is 0.114 e. The van der Waals surface area contributed by atoms with E-state index < -0.39 is 0 Å². The maximum absolute atomic E-state index is 5.37. The second-order valence-electron chi connectivity index (χ2n) is 4.69. The Morgan fingerprint density at radius 1 is 1.33 bits per heavy atom. The lowest BCUT2D eigenvalue weighted by atomic mass is 10.1. The van der Waals surface area contributed by atoms with E-state index in [0.29, 0.717) is 0 Å². The molecule has 1 aromatic heterocycles. The third kappa shape index (κ3) is 1.65. The maximum atomic E-state index is 5.37. The van der Waals surface area contributed by atoms with E-state index in [1.807, 2.05) is 13.2 Å². The fraction of sp³-hybridized carbons (Fsp3) is 0.667. The lowest BCUT2D eigenvalue weighted by molar-refractivity contribution is 0.231. The molecule has 2 aliphatic heterocycles. The minimum atomic E-state index is 0.786. The molecule has 0 N–H and O–H groups in total. The fourth-order valence-corrected chi connectivity index (χ4v) is 2.82. The summed E-state index contributed by atoms with van der Waals surface area (Å²) in [5, 5.41) is 0. The van der Waals surface area contributed by atoms with Gasteiger partial charge in [0, 0.05) is 31.7 Å². The molecule has 1 atom stereocenters. The zero-order chi connectivity index (χ0) is 10.3. The van der Waals surface area contributed by atoms with E-state index in [4.69, 9.17) is 4.42 Å². The molecule has 0 aliphatic carbocycles. The summed E-state index contributed by atoms with van der Waals surface area (Å²) in [7, 11) is 0. The van der Waals surface area contributed by atoms with Crippen LogP contribution in [0.5, 0.6) is 0 Å². The summed E-state index contributed by atoms with van der Waals surface area (Å²) in [5.74, 6) is 1.01. The lowest BCUT2D eigenvalue weighted by Gasteiger charge is -2.38. The highest BCUT2D eigenvalue weighted by atomic mass is 16.3. The third-order valence-corrected chi connectivity index (χ3v) is 3.67. The number of hydrogen-bond donors (Lipinski definition) is 0. The van der Waals surface area contributed by atoms with Crippen LogP contribution in [0.4, 0.5) is 5.69 Å². The molecule has 3 heteroatoms. The first kappa shape index (κ1) is 9.28. The lowest BCUT2D eigenvalue weighted by Crippen LogP contribution is -2.50. The number of fused-ring (bicyclic) bond motifs is 1. The van der Waals surface area contributed by atoms with Gasteiger partial charge in [0.25, 0.3) is 0 Å². The molecule has 0 amide bonds. The Balaban J connectivity index is 1.73. The minimum absolute atomic E-state index is 0.786. The number of hydrogen-bond acceptors (Lipinski definition) is 3. The van der Waals surface area contributed by atoms with Crippen LogP contribution in [0.3, 0.4) is 0 Å². The number of aryl methyl sites for hydroxylation is 1. The van der Waals surface area contributed by atoms with Crippen molar-refractivity contribution in [2.75, 3.05) is 31.1 Å². The van der Waals surface area contributed by atoms with Crippen LogP contribution in [0.2, 0.25) is 0 Å². The Morgan fingerprint density at radius 2 is 2.27 bits per heavy atom. The van der Waals surface area contributed by atoms with Gasteiger partial charge in [-0.05, 0) is 26.3 Å². The molecule has 0 aromatic carbocycles. The molecule has 2 saturated heterocycles. The quantitative estimate of drug-likeness (QED) is 0.699. The molecule has 0 spiro atoms. The molecule has 0 saturated carbocycles. The highest BCUT2D eigenvalue weighted by Crippen LogP contribution is 2.26. The molecule has 3 heterocycles. The second kappa shape index (κ2) is 3.56. The highest BCUT2D eigenvalue weighted by Gasteiger charge is 2.30. The standard InChI is InChI=1S/C12H18N2O/c1-10-7-12(9-15-10)14-6-5-13-4-2-3-11(13)8-14/h7,9,11H,2-6,8H2,1H3/t11-/m1/s1. The summed E-state index contributed by atoms with van der Waals surface area (Å²) < 4.78 is 5.37. The van der Waals surface area contributed by atoms with Crippen molar-refractivity contribution in [3.63, 3.8) is 0 Å². The van der Waals surface area contributed by atoms with Crippen LogP contribution in [-0.2, 0) is 0 Å². The van der Waals surface area contributed by atoms with Gasteiger partial charge in [0.1, 0.15) is 12.0 Å². The SMILES string of the molecule is Cc1cc(N2CCN3CCC[C@@H]3C2)co1. The predicted molar refractivity (Wildman–Crippen MR) is 60.3 cm³/mol. The van der Waals surface area contributed by atoms with E-state index in [0.717, 1.165) is 18.3 Å². The van der Waals surface area contributed by atoms with Crippen molar-refractivity contribution in [2.45, 2.75) is 25.8 Å². The zero-order valence-electron chi connectivity index (χ0n) is 9.28. The molecule has 3 rings (SSSR count).